The van der Waals surface area contributed by atoms with Gasteiger partial charge >= 0.3 is 0 Å². The van der Waals surface area contributed by atoms with Crippen molar-refractivity contribution in [1.29, 1.82) is 0 Å². The van der Waals surface area contributed by atoms with Gasteiger partial charge in [0, 0.05) is 51.5 Å². The zero-order valence-corrected chi connectivity index (χ0v) is 9.75. The molecule has 1 aliphatic rings. The van der Waals surface area contributed by atoms with E-state index in [1.165, 1.54) is 0 Å². The lowest BCUT2D eigenvalue weighted by atomic mass is 10.3. The summed E-state index contributed by atoms with van der Waals surface area (Å²) in [5, 5.41) is 0. The van der Waals surface area contributed by atoms with Crippen molar-refractivity contribution < 1.29 is 4.79 Å². The largest absolute Gasteiger partial charge is 0.352 e. The van der Waals surface area contributed by atoms with Gasteiger partial charge in [-0.05, 0) is 0 Å². The number of piperazine rings is 1. The molecule has 0 unspecified atom stereocenters. The van der Waals surface area contributed by atoms with Crippen LogP contribution >= 0.6 is 0 Å². The van der Waals surface area contributed by atoms with Gasteiger partial charge in [0.25, 0.3) is 0 Å². The number of hydrogen-bond donors (Lipinski definition) is 1. The summed E-state index contributed by atoms with van der Waals surface area (Å²) in [5.41, 5.74) is 5.38. The number of anilines is 1. The molecule has 0 aliphatic carbocycles. The van der Waals surface area contributed by atoms with Crippen LogP contribution in [0.1, 0.15) is 6.42 Å². The number of rotatable bonds is 3. The van der Waals surface area contributed by atoms with E-state index in [-0.39, 0.29) is 5.91 Å². The maximum Gasteiger partial charge on any atom is 0.223 e. The minimum absolute atomic E-state index is 0.145. The summed E-state index contributed by atoms with van der Waals surface area (Å²) in [7, 11) is 0. The summed E-state index contributed by atoms with van der Waals surface area (Å²) in [6.45, 7) is 3.48. The van der Waals surface area contributed by atoms with E-state index in [9.17, 15) is 4.79 Å². The molecule has 92 valence electrons. The molecule has 2 N–H and O–H groups in total. The molecule has 0 aromatic carbocycles. The van der Waals surface area contributed by atoms with Gasteiger partial charge < -0.3 is 15.5 Å². The van der Waals surface area contributed by atoms with Crippen molar-refractivity contribution in [1.82, 2.24) is 14.9 Å². The fourth-order valence-corrected chi connectivity index (χ4v) is 1.92. The van der Waals surface area contributed by atoms with E-state index in [4.69, 9.17) is 5.73 Å². The lowest BCUT2D eigenvalue weighted by Gasteiger charge is -2.35. The highest BCUT2D eigenvalue weighted by Gasteiger charge is 2.21. The Morgan fingerprint density at radius 3 is 2.65 bits per heavy atom. The van der Waals surface area contributed by atoms with Crippen LogP contribution in [0, 0.1) is 0 Å². The molecular formula is C11H17N5O. The van der Waals surface area contributed by atoms with Crippen LogP contribution in [-0.2, 0) is 4.79 Å². The number of carbonyl (C=O) groups excluding carboxylic acids is 1. The molecule has 1 aromatic rings. The molecule has 1 aromatic heterocycles. The molecule has 0 radical (unpaired) electrons. The van der Waals surface area contributed by atoms with Crippen molar-refractivity contribution in [2.75, 3.05) is 37.6 Å². The van der Waals surface area contributed by atoms with Crippen LogP contribution in [0.3, 0.4) is 0 Å². The van der Waals surface area contributed by atoms with Gasteiger partial charge in [0.15, 0.2) is 0 Å². The van der Waals surface area contributed by atoms with Gasteiger partial charge in [0.05, 0.1) is 6.20 Å². The molecular weight excluding hydrogens is 218 g/mol. The van der Waals surface area contributed by atoms with Crippen molar-refractivity contribution in [3.05, 3.63) is 18.6 Å². The number of carbonyl (C=O) groups is 1. The second-order valence-electron chi connectivity index (χ2n) is 3.97. The van der Waals surface area contributed by atoms with Gasteiger partial charge in [-0.2, -0.15) is 0 Å². The van der Waals surface area contributed by atoms with E-state index < -0.39 is 0 Å². The van der Waals surface area contributed by atoms with E-state index >= 15 is 0 Å². The maximum absolute atomic E-state index is 11.6. The van der Waals surface area contributed by atoms with E-state index in [1.54, 1.807) is 18.6 Å². The van der Waals surface area contributed by atoms with Crippen molar-refractivity contribution >= 4 is 11.7 Å². The highest BCUT2D eigenvalue weighted by atomic mass is 16.2. The monoisotopic (exact) mass is 235 g/mol. The summed E-state index contributed by atoms with van der Waals surface area (Å²) in [5.74, 6) is 1.02. The Morgan fingerprint density at radius 2 is 2.06 bits per heavy atom. The van der Waals surface area contributed by atoms with Gasteiger partial charge in [-0.25, -0.2) is 4.98 Å². The standard InChI is InChI=1S/C11H17N5O/c12-2-1-11(17)16-7-5-15(6-8-16)10-9-13-3-4-14-10/h3-4,9H,1-2,5-8,12H2. The molecule has 17 heavy (non-hydrogen) atoms. The summed E-state index contributed by atoms with van der Waals surface area (Å²) in [4.78, 5) is 23.9. The van der Waals surface area contributed by atoms with E-state index in [1.807, 2.05) is 4.90 Å². The van der Waals surface area contributed by atoms with Gasteiger partial charge in [-0.3, -0.25) is 9.78 Å². The average Bonchev–Trinajstić information content (AvgIpc) is 2.40. The first-order valence-electron chi connectivity index (χ1n) is 5.80. The Kier molecular flexibility index (Phi) is 3.87. The van der Waals surface area contributed by atoms with Gasteiger partial charge in [-0.15, -0.1) is 0 Å². The summed E-state index contributed by atoms with van der Waals surface area (Å²) >= 11 is 0. The summed E-state index contributed by atoms with van der Waals surface area (Å²) in [6.07, 6.45) is 5.52. The molecule has 0 atom stereocenters. The van der Waals surface area contributed by atoms with Gasteiger partial charge in [0.1, 0.15) is 5.82 Å². The molecule has 1 saturated heterocycles. The predicted molar refractivity (Wildman–Crippen MR) is 64.5 cm³/mol. The molecule has 6 heteroatoms. The minimum Gasteiger partial charge on any atom is -0.352 e. The van der Waals surface area contributed by atoms with Crippen molar-refractivity contribution in [2.45, 2.75) is 6.42 Å². The van der Waals surface area contributed by atoms with Crippen LogP contribution in [0.5, 0.6) is 0 Å². The Balaban J connectivity index is 1.88. The van der Waals surface area contributed by atoms with Crippen LogP contribution in [0.2, 0.25) is 0 Å². The number of nitrogens with two attached hydrogens (primary N) is 1. The second kappa shape index (κ2) is 5.58. The van der Waals surface area contributed by atoms with Crippen LogP contribution in [-0.4, -0.2) is 53.5 Å². The van der Waals surface area contributed by atoms with Crippen LogP contribution in [0.25, 0.3) is 0 Å². The Morgan fingerprint density at radius 1 is 1.29 bits per heavy atom. The first kappa shape index (κ1) is 11.8. The predicted octanol–water partition coefficient (Wildman–Crippen LogP) is -0.526. The Hall–Kier alpha value is -1.69. The fraction of sp³-hybridized carbons (Fsp3) is 0.545. The van der Waals surface area contributed by atoms with Crippen LogP contribution < -0.4 is 10.6 Å². The number of aromatic nitrogens is 2. The first-order valence-corrected chi connectivity index (χ1v) is 5.80. The van der Waals surface area contributed by atoms with Gasteiger partial charge in [-0.1, -0.05) is 0 Å². The number of amides is 1. The van der Waals surface area contributed by atoms with Crippen LogP contribution in [0.15, 0.2) is 18.6 Å². The average molecular weight is 235 g/mol. The third-order valence-corrected chi connectivity index (χ3v) is 2.86. The number of hydrogen-bond acceptors (Lipinski definition) is 5. The summed E-state index contributed by atoms with van der Waals surface area (Å²) < 4.78 is 0. The third-order valence-electron chi connectivity index (χ3n) is 2.86. The third kappa shape index (κ3) is 2.91. The van der Waals surface area contributed by atoms with Crippen molar-refractivity contribution in [3.63, 3.8) is 0 Å². The lowest BCUT2D eigenvalue weighted by Crippen LogP contribution is -2.49. The van der Waals surface area contributed by atoms with E-state index in [2.05, 4.69) is 14.9 Å². The molecule has 0 spiro atoms. The Bertz CT molecular complexity index is 361. The van der Waals surface area contributed by atoms with E-state index in [0.29, 0.717) is 13.0 Å². The molecule has 0 bridgehead atoms. The van der Waals surface area contributed by atoms with Gasteiger partial charge in [0.2, 0.25) is 5.91 Å². The maximum atomic E-state index is 11.6. The lowest BCUT2D eigenvalue weighted by molar-refractivity contribution is -0.131. The minimum atomic E-state index is 0.145. The van der Waals surface area contributed by atoms with Crippen LogP contribution in [0.4, 0.5) is 5.82 Å². The summed E-state index contributed by atoms with van der Waals surface area (Å²) in [6, 6.07) is 0. The van der Waals surface area contributed by atoms with Crippen molar-refractivity contribution in [2.24, 2.45) is 5.73 Å². The molecule has 1 fully saturated rings. The first-order chi connectivity index (χ1) is 8.31. The fourth-order valence-electron chi connectivity index (χ4n) is 1.92. The normalized spacial score (nSPS) is 16.1. The topological polar surface area (TPSA) is 75.4 Å². The molecule has 1 aliphatic heterocycles. The van der Waals surface area contributed by atoms with E-state index in [0.717, 1.165) is 32.0 Å². The zero-order chi connectivity index (χ0) is 12.1. The molecule has 2 heterocycles. The smallest absolute Gasteiger partial charge is 0.223 e. The highest BCUT2D eigenvalue weighted by Crippen LogP contribution is 2.11. The zero-order valence-electron chi connectivity index (χ0n) is 9.75. The molecule has 6 nitrogen and oxygen atoms in total. The number of nitrogens with zero attached hydrogens (tertiary/aromatic N) is 4. The SMILES string of the molecule is NCCC(=O)N1CCN(c2cnccn2)CC1. The molecule has 2 rings (SSSR count). The molecule has 1 amide bonds. The quantitative estimate of drug-likeness (QED) is 0.762. The van der Waals surface area contributed by atoms with Crippen molar-refractivity contribution in [3.8, 4) is 0 Å². The Labute approximate surface area is 100 Å². The highest BCUT2D eigenvalue weighted by molar-refractivity contribution is 5.76. The second-order valence-corrected chi connectivity index (χ2v) is 3.97. The molecule has 0 saturated carbocycles.